The van der Waals surface area contributed by atoms with Gasteiger partial charge in [-0.15, -0.1) is 11.3 Å². The Kier molecular flexibility index (Phi) is 5.38. The molecule has 3 rings (SSSR count). The molecule has 2 aromatic heterocycles. The number of nitrogens with zero attached hydrogens (tertiary/aromatic N) is 2. The predicted molar refractivity (Wildman–Crippen MR) is 97.4 cm³/mol. The molecule has 0 aromatic carbocycles. The number of amides is 1. The van der Waals surface area contributed by atoms with Crippen molar-refractivity contribution in [2.75, 3.05) is 26.2 Å². The number of nitrogens with one attached hydrogen (secondary N) is 1. The van der Waals surface area contributed by atoms with Crippen LogP contribution in [0.3, 0.4) is 0 Å². The highest BCUT2D eigenvalue weighted by molar-refractivity contribution is 7.20. The van der Waals surface area contributed by atoms with E-state index in [2.05, 4.69) is 41.0 Å². The summed E-state index contributed by atoms with van der Waals surface area (Å²) in [7, 11) is 0. The van der Waals surface area contributed by atoms with Gasteiger partial charge in [0.2, 0.25) is 0 Å². The van der Waals surface area contributed by atoms with Gasteiger partial charge < -0.3 is 14.8 Å². The summed E-state index contributed by atoms with van der Waals surface area (Å²) in [5.74, 6) is 0.0609. The standard InChI is InChI=1S/C18H27N3OS/c1-3-20(4-2)10-9-19-18(22)16-11-14-12-21(13-17(14)23-16)15-7-5-6-8-15/h11-13,15H,3-10H2,1-2H3,(H,19,22). The molecule has 1 fully saturated rings. The van der Waals surface area contributed by atoms with Gasteiger partial charge in [0.05, 0.1) is 9.58 Å². The van der Waals surface area contributed by atoms with Gasteiger partial charge >= 0.3 is 0 Å². The molecule has 2 heterocycles. The van der Waals surface area contributed by atoms with Gasteiger partial charge in [-0.2, -0.15) is 0 Å². The van der Waals surface area contributed by atoms with Gasteiger partial charge in [-0.1, -0.05) is 26.7 Å². The minimum atomic E-state index is 0.0609. The zero-order valence-electron chi connectivity index (χ0n) is 14.2. The van der Waals surface area contributed by atoms with Crippen LogP contribution in [0.4, 0.5) is 0 Å². The molecule has 1 saturated carbocycles. The zero-order valence-corrected chi connectivity index (χ0v) is 15.0. The van der Waals surface area contributed by atoms with Crippen LogP contribution < -0.4 is 5.32 Å². The summed E-state index contributed by atoms with van der Waals surface area (Å²) in [6.07, 6.45) is 9.71. The maximum Gasteiger partial charge on any atom is 0.261 e. The number of rotatable bonds is 7. The summed E-state index contributed by atoms with van der Waals surface area (Å²) < 4.78 is 3.58. The van der Waals surface area contributed by atoms with Gasteiger partial charge in [0.1, 0.15) is 0 Å². The Hall–Kier alpha value is -1.33. The van der Waals surface area contributed by atoms with Gasteiger partial charge in [0.15, 0.2) is 0 Å². The summed E-state index contributed by atoms with van der Waals surface area (Å²) in [6.45, 7) is 7.98. The fraction of sp³-hybridized carbons (Fsp3) is 0.611. The Morgan fingerprint density at radius 3 is 2.70 bits per heavy atom. The highest BCUT2D eigenvalue weighted by atomic mass is 32.1. The first-order valence-electron chi connectivity index (χ1n) is 8.82. The van der Waals surface area contributed by atoms with Crippen molar-refractivity contribution in [3.8, 4) is 0 Å². The van der Waals surface area contributed by atoms with E-state index in [0.29, 0.717) is 12.6 Å². The minimum Gasteiger partial charge on any atom is -0.350 e. The smallest absolute Gasteiger partial charge is 0.261 e. The third-order valence-electron chi connectivity index (χ3n) is 4.92. The van der Waals surface area contributed by atoms with Crippen molar-refractivity contribution in [2.45, 2.75) is 45.6 Å². The molecule has 5 heteroatoms. The number of thiophene rings is 1. The van der Waals surface area contributed by atoms with Gasteiger partial charge in [-0.25, -0.2) is 0 Å². The van der Waals surface area contributed by atoms with E-state index in [1.807, 2.05) is 6.07 Å². The Morgan fingerprint density at radius 1 is 1.30 bits per heavy atom. The molecule has 0 aliphatic heterocycles. The Morgan fingerprint density at radius 2 is 2.04 bits per heavy atom. The lowest BCUT2D eigenvalue weighted by Crippen LogP contribution is -2.34. The molecule has 0 radical (unpaired) electrons. The fourth-order valence-corrected chi connectivity index (χ4v) is 4.43. The fourth-order valence-electron chi connectivity index (χ4n) is 3.43. The first-order chi connectivity index (χ1) is 11.2. The van der Waals surface area contributed by atoms with E-state index >= 15 is 0 Å². The SMILES string of the molecule is CCN(CC)CCNC(=O)c1cc2cn(C3CCCC3)cc2s1. The molecule has 1 amide bonds. The highest BCUT2D eigenvalue weighted by Gasteiger charge is 2.18. The largest absolute Gasteiger partial charge is 0.350 e. The van der Waals surface area contributed by atoms with Crippen LogP contribution in [-0.4, -0.2) is 41.6 Å². The number of aromatic nitrogens is 1. The van der Waals surface area contributed by atoms with Gasteiger partial charge in [-0.05, 0) is 32.0 Å². The number of fused-ring (bicyclic) bond motifs is 1. The molecule has 0 spiro atoms. The van der Waals surface area contributed by atoms with Crippen molar-refractivity contribution < 1.29 is 4.79 Å². The first-order valence-corrected chi connectivity index (χ1v) is 9.64. The van der Waals surface area contributed by atoms with Crippen LogP contribution in [0, 0.1) is 0 Å². The van der Waals surface area contributed by atoms with Crippen molar-refractivity contribution >= 4 is 27.3 Å². The summed E-state index contributed by atoms with van der Waals surface area (Å²) in [4.78, 5) is 15.4. The van der Waals surface area contributed by atoms with Crippen LogP contribution in [0.2, 0.25) is 0 Å². The lowest BCUT2D eigenvalue weighted by atomic mass is 10.2. The van der Waals surface area contributed by atoms with E-state index in [4.69, 9.17) is 0 Å². The maximum absolute atomic E-state index is 12.3. The number of carbonyl (C=O) groups excluding carboxylic acids is 1. The Labute approximate surface area is 142 Å². The molecular weight excluding hydrogens is 306 g/mol. The minimum absolute atomic E-state index is 0.0609. The van der Waals surface area contributed by atoms with Crippen LogP contribution in [0.5, 0.6) is 0 Å². The third-order valence-corrected chi connectivity index (χ3v) is 6.01. The molecular formula is C18H27N3OS. The molecule has 1 N–H and O–H groups in total. The van der Waals surface area contributed by atoms with Crippen molar-refractivity contribution in [1.82, 2.24) is 14.8 Å². The topological polar surface area (TPSA) is 37.3 Å². The molecule has 0 unspecified atom stereocenters. The first kappa shape index (κ1) is 16.5. The molecule has 2 aromatic rings. The summed E-state index contributed by atoms with van der Waals surface area (Å²) >= 11 is 1.61. The quantitative estimate of drug-likeness (QED) is 0.834. The van der Waals surface area contributed by atoms with Crippen LogP contribution >= 0.6 is 11.3 Å². The maximum atomic E-state index is 12.3. The second kappa shape index (κ2) is 7.49. The van der Waals surface area contributed by atoms with E-state index in [1.165, 1.54) is 35.8 Å². The normalized spacial score (nSPS) is 15.8. The third kappa shape index (κ3) is 3.78. The van der Waals surface area contributed by atoms with Crippen molar-refractivity contribution in [3.63, 3.8) is 0 Å². The molecule has 4 nitrogen and oxygen atoms in total. The summed E-state index contributed by atoms with van der Waals surface area (Å²) in [6, 6.07) is 2.71. The lowest BCUT2D eigenvalue weighted by Gasteiger charge is -2.17. The Balaban J connectivity index is 1.59. The molecule has 1 aliphatic carbocycles. The number of carbonyl (C=O) groups is 1. The monoisotopic (exact) mass is 333 g/mol. The number of hydrogen-bond acceptors (Lipinski definition) is 3. The highest BCUT2D eigenvalue weighted by Crippen LogP contribution is 2.34. The van der Waals surface area contributed by atoms with E-state index in [-0.39, 0.29) is 5.91 Å². The molecule has 23 heavy (non-hydrogen) atoms. The zero-order chi connectivity index (χ0) is 16.2. The molecule has 126 valence electrons. The van der Waals surface area contributed by atoms with Gasteiger partial charge in [-0.3, -0.25) is 4.79 Å². The summed E-state index contributed by atoms with van der Waals surface area (Å²) in [5, 5.41) is 4.25. The van der Waals surface area contributed by atoms with E-state index in [0.717, 1.165) is 24.5 Å². The van der Waals surface area contributed by atoms with Gasteiger partial charge in [0, 0.05) is 36.9 Å². The number of likely N-dealkylation sites (N-methyl/N-ethyl adjacent to an activating group) is 1. The van der Waals surface area contributed by atoms with Crippen LogP contribution in [0.15, 0.2) is 18.5 Å². The molecule has 0 saturated heterocycles. The van der Waals surface area contributed by atoms with E-state index in [9.17, 15) is 4.79 Å². The van der Waals surface area contributed by atoms with Crippen LogP contribution in [0.1, 0.15) is 55.2 Å². The van der Waals surface area contributed by atoms with Crippen LogP contribution in [0.25, 0.3) is 10.1 Å². The van der Waals surface area contributed by atoms with E-state index < -0.39 is 0 Å². The molecule has 0 atom stereocenters. The van der Waals surface area contributed by atoms with Crippen LogP contribution in [-0.2, 0) is 0 Å². The predicted octanol–water partition coefficient (Wildman–Crippen LogP) is 3.89. The van der Waals surface area contributed by atoms with E-state index in [1.54, 1.807) is 11.3 Å². The second-order valence-corrected chi connectivity index (χ2v) is 7.44. The van der Waals surface area contributed by atoms with Crippen molar-refractivity contribution in [1.29, 1.82) is 0 Å². The average Bonchev–Trinajstić information content (AvgIpc) is 3.25. The second-order valence-electron chi connectivity index (χ2n) is 6.36. The Bertz CT molecular complexity index is 619. The molecule has 0 bridgehead atoms. The average molecular weight is 334 g/mol. The lowest BCUT2D eigenvalue weighted by molar-refractivity contribution is 0.0953. The number of hydrogen-bond donors (Lipinski definition) is 1. The molecule has 1 aliphatic rings. The van der Waals surface area contributed by atoms with Crippen molar-refractivity contribution in [2.24, 2.45) is 0 Å². The van der Waals surface area contributed by atoms with Crippen molar-refractivity contribution in [3.05, 3.63) is 23.3 Å². The summed E-state index contributed by atoms with van der Waals surface area (Å²) in [5.41, 5.74) is 0. The van der Waals surface area contributed by atoms with Gasteiger partial charge in [0.25, 0.3) is 5.91 Å².